The molecule has 0 bridgehead atoms. The van der Waals surface area contributed by atoms with Gasteiger partial charge in [-0.15, -0.1) is 0 Å². The largest absolute Gasteiger partial charge is 0.378 e. The molecule has 1 amide bonds. The Kier molecular flexibility index (Phi) is 4.97. The summed E-state index contributed by atoms with van der Waals surface area (Å²) in [5.74, 6) is 0.825. The van der Waals surface area contributed by atoms with Gasteiger partial charge in [-0.25, -0.2) is 0 Å². The van der Waals surface area contributed by atoms with Gasteiger partial charge in [0.1, 0.15) is 0 Å². The van der Waals surface area contributed by atoms with E-state index in [-0.39, 0.29) is 5.91 Å². The molecule has 2 rings (SSSR count). The van der Waals surface area contributed by atoms with E-state index in [9.17, 15) is 4.79 Å². The zero-order chi connectivity index (χ0) is 13.0. The van der Waals surface area contributed by atoms with Crippen molar-refractivity contribution in [2.24, 2.45) is 5.92 Å². The number of hydrogen-bond acceptors (Lipinski definition) is 4. The van der Waals surface area contributed by atoms with Crippen molar-refractivity contribution in [3.8, 4) is 0 Å². The number of likely N-dealkylation sites (tertiary alicyclic amines) is 1. The molecule has 104 valence electrons. The van der Waals surface area contributed by atoms with Gasteiger partial charge in [0.15, 0.2) is 0 Å². The number of nitrogens with one attached hydrogen (secondary N) is 1. The van der Waals surface area contributed by atoms with E-state index in [1.807, 2.05) is 4.90 Å². The minimum Gasteiger partial charge on any atom is -0.378 e. The molecule has 0 saturated carbocycles. The van der Waals surface area contributed by atoms with Gasteiger partial charge in [-0.1, -0.05) is 6.92 Å². The first kappa shape index (κ1) is 13.8. The summed E-state index contributed by atoms with van der Waals surface area (Å²) in [7, 11) is 2.16. The Balaban J connectivity index is 1.71. The van der Waals surface area contributed by atoms with Crippen molar-refractivity contribution in [2.75, 3.05) is 53.0 Å². The number of piperidine rings is 1. The van der Waals surface area contributed by atoms with Gasteiger partial charge in [0.25, 0.3) is 0 Å². The van der Waals surface area contributed by atoms with E-state index in [0.29, 0.717) is 31.7 Å². The molecule has 0 aliphatic carbocycles. The zero-order valence-electron chi connectivity index (χ0n) is 11.5. The van der Waals surface area contributed by atoms with Crippen LogP contribution in [-0.2, 0) is 9.53 Å². The third kappa shape index (κ3) is 3.67. The molecule has 2 heterocycles. The van der Waals surface area contributed by atoms with Gasteiger partial charge in [-0.2, -0.15) is 0 Å². The number of ether oxygens (including phenoxy) is 1. The highest BCUT2D eigenvalue weighted by Crippen LogP contribution is 2.15. The Morgan fingerprint density at radius 2 is 2.06 bits per heavy atom. The molecule has 0 aromatic carbocycles. The second-order valence-corrected chi connectivity index (χ2v) is 5.51. The smallest absolute Gasteiger partial charge is 0.236 e. The average molecular weight is 255 g/mol. The number of hydrogen-bond donors (Lipinski definition) is 1. The Labute approximate surface area is 109 Å². The summed E-state index contributed by atoms with van der Waals surface area (Å²) >= 11 is 0. The maximum Gasteiger partial charge on any atom is 0.236 e. The van der Waals surface area contributed by atoms with Crippen LogP contribution < -0.4 is 5.32 Å². The molecule has 2 fully saturated rings. The summed E-state index contributed by atoms with van der Waals surface area (Å²) in [4.78, 5) is 16.3. The topological polar surface area (TPSA) is 44.8 Å². The predicted molar refractivity (Wildman–Crippen MR) is 70.5 cm³/mol. The van der Waals surface area contributed by atoms with Gasteiger partial charge < -0.3 is 19.9 Å². The molecule has 5 nitrogen and oxygen atoms in total. The van der Waals surface area contributed by atoms with Gasteiger partial charge in [0, 0.05) is 25.7 Å². The summed E-state index contributed by atoms with van der Waals surface area (Å²) in [5.41, 5.74) is 0. The highest BCUT2D eigenvalue weighted by Gasteiger charge is 2.25. The Hall–Kier alpha value is -0.650. The Morgan fingerprint density at radius 1 is 1.33 bits per heavy atom. The summed E-state index contributed by atoms with van der Waals surface area (Å²) in [6, 6.07) is 0.478. The SMILES string of the molecule is CC1CN(C)CCC1NCC(=O)N1CCOCC1. The van der Waals surface area contributed by atoms with Gasteiger partial charge in [0.2, 0.25) is 5.91 Å². The maximum absolute atomic E-state index is 12.0. The van der Waals surface area contributed by atoms with E-state index in [1.165, 1.54) is 0 Å². The molecule has 5 heteroatoms. The quantitative estimate of drug-likeness (QED) is 0.757. The lowest BCUT2D eigenvalue weighted by atomic mass is 9.94. The van der Waals surface area contributed by atoms with Crippen LogP contribution in [0.15, 0.2) is 0 Å². The third-order valence-electron chi connectivity index (χ3n) is 3.99. The fraction of sp³-hybridized carbons (Fsp3) is 0.923. The van der Waals surface area contributed by atoms with E-state index in [0.717, 1.165) is 32.6 Å². The molecular weight excluding hydrogens is 230 g/mol. The zero-order valence-corrected chi connectivity index (χ0v) is 11.5. The van der Waals surface area contributed by atoms with Crippen LogP contribution in [0.3, 0.4) is 0 Å². The van der Waals surface area contributed by atoms with Crippen molar-refractivity contribution < 1.29 is 9.53 Å². The van der Waals surface area contributed by atoms with Crippen molar-refractivity contribution in [3.63, 3.8) is 0 Å². The van der Waals surface area contributed by atoms with Crippen LogP contribution in [0.25, 0.3) is 0 Å². The van der Waals surface area contributed by atoms with Crippen molar-refractivity contribution in [1.82, 2.24) is 15.1 Å². The van der Waals surface area contributed by atoms with Crippen LogP contribution in [0.5, 0.6) is 0 Å². The molecule has 0 aromatic heterocycles. The van der Waals surface area contributed by atoms with Crippen LogP contribution in [0.1, 0.15) is 13.3 Å². The number of carbonyl (C=O) groups is 1. The van der Waals surface area contributed by atoms with Crippen LogP contribution >= 0.6 is 0 Å². The fourth-order valence-electron chi connectivity index (χ4n) is 2.80. The van der Waals surface area contributed by atoms with E-state index in [1.54, 1.807) is 0 Å². The van der Waals surface area contributed by atoms with Crippen molar-refractivity contribution >= 4 is 5.91 Å². The average Bonchev–Trinajstić information content (AvgIpc) is 2.38. The first-order valence-corrected chi connectivity index (χ1v) is 6.94. The fourth-order valence-corrected chi connectivity index (χ4v) is 2.80. The van der Waals surface area contributed by atoms with Crippen LogP contribution in [0, 0.1) is 5.92 Å². The first-order valence-electron chi connectivity index (χ1n) is 6.94. The van der Waals surface area contributed by atoms with E-state index >= 15 is 0 Å². The second-order valence-electron chi connectivity index (χ2n) is 5.51. The number of rotatable bonds is 3. The third-order valence-corrected chi connectivity index (χ3v) is 3.99. The minimum atomic E-state index is 0.212. The van der Waals surface area contributed by atoms with Crippen LogP contribution in [-0.4, -0.2) is 74.7 Å². The lowest BCUT2D eigenvalue weighted by Crippen LogP contribution is -2.51. The lowest BCUT2D eigenvalue weighted by molar-refractivity contribution is -0.134. The summed E-state index contributed by atoms with van der Waals surface area (Å²) < 4.78 is 5.25. The van der Waals surface area contributed by atoms with Crippen molar-refractivity contribution in [3.05, 3.63) is 0 Å². The maximum atomic E-state index is 12.0. The number of nitrogens with zero attached hydrogens (tertiary/aromatic N) is 2. The molecule has 2 unspecified atom stereocenters. The molecule has 2 aliphatic heterocycles. The standard InChI is InChI=1S/C13H25N3O2/c1-11-10-15(2)4-3-12(11)14-9-13(17)16-5-7-18-8-6-16/h11-12,14H,3-10H2,1-2H3. The highest BCUT2D eigenvalue weighted by molar-refractivity contribution is 5.78. The van der Waals surface area contributed by atoms with E-state index in [4.69, 9.17) is 4.74 Å². The molecule has 2 saturated heterocycles. The first-order chi connectivity index (χ1) is 8.66. The molecular formula is C13H25N3O2. The van der Waals surface area contributed by atoms with Gasteiger partial charge in [0.05, 0.1) is 19.8 Å². The summed E-state index contributed by atoms with van der Waals surface area (Å²) in [6.07, 6.45) is 1.13. The second kappa shape index (κ2) is 6.50. The van der Waals surface area contributed by atoms with Gasteiger partial charge in [-0.3, -0.25) is 4.79 Å². The molecule has 18 heavy (non-hydrogen) atoms. The molecule has 0 aromatic rings. The number of morpholine rings is 1. The number of carbonyl (C=O) groups excluding carboxylic acids is 1. The van der Waals surface area contributed by atoms with E-state index in [2.05, 4.69) is 24.2 Å². The molecule has 2 atom stereocenters. The monoisotopic (exact) mass is 255 g/mol. The van der Waals surface area contributed by atoms with E-state index < -0.39 is 0 Å². The van der Waals surface area contributed by atoms with Gasteiger partial charge >= 0.3 is 0 Å². The minimum absolute atomic E-state index is 0.212. The van der Waals surface area contributed by atoms with Crippen LogP contribution in [0.2, 0.25) is 0 Å². The van der Waals surface area contributed by atoms with Gasteiger partial charge in [-0.05, 0) is 25.9 Å². The normalized spacial score (nSPS) is 30.4. The highest BCUT2D eigenvalue weighted by atomic mass is 16.5. The Morgan fingerprint density at radius 3 is 2.72 bits per heavy atom. The van der Waals surface area contributed by atoms with Crippen LogP contribution in [0.4, 0.5) is 0 Å². The molecule has 2 aliphatic rings. The van der Waals surface area contributed by atoms with Crippen molar-refractivity contribution in [1.29, 1.82) is 0 Å². The molecule has 0 spiro atoms. The summed E-state index contributed by atoms with van der Waals surface area (Å²) in [6.45, 7) is 7.79. The summed E-state index contributed by atoms with van der Waals surface area (Å²) in [5, 5.41) is 3.43. The Bertz CT molecular complexity index is 279. The lowest BCUT2D eigenvalue weighted by Gasteiger charge is -2.36. The van der Waals surface area contributed by atoms with Crippen molar-refractivity contribution in [2.45, 2.75) is 19.4 Å². The number of amides is 1. The predicted octanol–water partition coefficient (Wildman–Crippen LogP) is -0.225. The molecule has 1 N–H and O–H groups in total. The molecule has 0 radical (unpaired) electrons.